The van der Waals surface area contributed by atoms with Crippen molar-refractivity contribution in [3.8, 4) is 0 Å². The monoisotopic (exact) mass is 330 g/mol. The normalized spacial score (nSPS) is 44.2. The summed E-state index contributed by atoms with van der Waals surface area (Å²) in [5, 5.41) is 1.02. The van der Waals surface area contributed by atoms with Gasteiger partial charge in [0.1, 0.15) is 0 Å². The van der Waals surface area contributed by atoms with Gasteiger partial charge >= 0.3 is 0 Å². The molecule has 0 heterocycles. The third kappa shape index (κ3) is 4.20. The van der Waals surface area contributed by atoms with Crippen LogP contribution in [0.5, 0.6) is 0 Å². The third-order valence-corrected chi connectivity index (χ3v) is 6.41. The van der Waals surface area contributed by atoms with Crippen molar-refractivity contribution in [3.05, 3.63) is 0 Å². The molecule has 0 aromatic carbocycles. The molecule has 2 aliphatic rings. The molecule has 0 radical (unpaired) electrons. The Morgan fingerprint density at radius 1 is 1.05 bits per heavy atom. The van der Waals surface area contributed by atoms with Crippen LogP contribution in [0.3, 0.4) is 0 Å². The van der Waals surface area contributed by atoms with Crippen LogP contribution < -0.4 is 0 Å². The van der Waals surface area contributed by atoms with Crippen LogP contribution in [0.25, 0.3) is 0 Å². The lowest BCUT2D eigenvalue weighted by Gasteiger charge is -2.43. The second-order valence-electron chi connectivity index (χ2n) is 7.33. The first kappa shape index (κ1) is 15.8. The SMILES string of the molecule is CCC1CCC(CBr)(OC2CC(C)CC(C)C2)CC1. The Kier molecular flexibility index (Phi) is 5.77. The molecule has 0 amide bonds. The molecule has 0 aromatic heterocycles. The van der Waals surface area contributed by atoms with E-state index in [1.54, 1.807) is 0 Å². The van der Waals surface area contributed by atoms with Crippen LogP contribution in [0.4, 0.5) is 0 Å². The molecule has 2 atom stereocenters. The standard InChI is InChI=1S/C17H31BrO/c1-4-15-5-7-17(12-18,8-6-15)19-16-10-13(2)9-14(3)11-16/h13-16H,4-12H2,1-3H3. The quantitative estimate of drug-likeness (QED) is 0.613. The maximum Gasteiger partial charge on any atom is 0.0782 e. The fourth-order valence-corrected chi connectivity index (χ4v) is 4.91. The van der Waals surface area contributed by atoms with Gasteiger partial charge in [0, 0.05) is 5.33 Å². The molecule has 2 fully saturated rings. The predicted octanol–water partition coefficient (Wildman–Crippen LogP) is 5.56. The van der Waals surface area contributed by atoms with Gasteiger partial charge in [-0.15, -0.1) is 0 Å². The summed E-state index contributed by atoms with van der Waals surface area (Å²) < 4.78 is 6.66. The summed E-state index contributed by atoms with van der Waals surface area (Å²) in [5.41, 5.74) is 0.146. The highest BCUT2D eigenvalue weighted by molar-refractivity contribution is 9.09. The molecule has 0 bridgehead atoms. The Morgan fingerprint density at radius 2 is 1.63 bits per heavy atom. The molecule has 1 nitrogen and oxygen atoms in total. The van der Waals surface area contributed by atoms with Gasteiger partial charge in [0.15, 0.2) is 0 Å². The van der Waals surface area contributed by atoms with E-state index in [9.17, 15) is 0 Å². The van der Waals surface area contributed by atoms with E-state index in [1.807, 2.05) is 0 Å². The van der Waals surface area contributed by atoms with Crippen molar-refractivity contribution in [2.75, 3.05) is 5.33 Å². The molecule has 0 aromatic rings. The van der Waals surface area contributed by atoms with Gasteiger partial charge in [0.25, 0.3) is 0 Å². The smallest absolute Gasteiger partial charge is 0.0782 e. The lowest BCUT2D eigenvalue weighted by Crippen LogP contribution is -2.43. The lowest BCUT2D eigenvalue weighted by molar-refractivity contribution is -0.125. The molecular weight excluding hydrogens is 300 g/mol. The van der Waals surface area contributed by atoms with Crippen molar-refractivity contribution < 1.29 is 4.74 Å². The minimum atomic E-state index is 0.146. The first-order valence-electron chi connectivity index (χ1n) is 8.30. The van der Waals surface area contributed by atoms with E-state index in [-0.39, 0.29) is 5.60 Å². The van der Waals surface area contributed by atoms with Gasteiger partial charge in [0.05, 0.1) is 11.7 Å². The number of alkyl halides is 1. The first-order valence-corrected chi connectivity index (χ1v) is 9.43. The molecule has 2 saturated carbocycles. The second-order valence-corrected chi connectivity index (χ2v) is 7.89. The minimum Gasteiger partial charge on any atom is -0.371 e. The zero-order valence-corrected chi connectivity index (χ0v) is 14.5. The highest BCUT2D eigenvalue weighted by Gasteiger charge is 2.38. The van der Waals surface area contributed by atoms with Crippen molar-refractivity contribution in [3.63, 3.8) is 0 Å². The number of halogens is 1. The summed E-state index contributed by atoms with van der Waals surface area (Å²) in [6.07, 6.45) is 11.0. The Hall–Kier alpha value is 0.440. The topological polar surface area (TPSA) is 9.23 Å². The number of rotatable bonds is 4. The largest absolute Gasteiger partial charge is 0.371 e. The Bertz CT molecular complexity index is 260. The van der Waals surface area contributed by atoms with Crippen molar-refractivity contribution in [1.82, 2.24) is 0 Å². The summed E-state index contributed by atoms with van der Waals surface area (Å²) in [4.78, 5) is 0. The van der Waals surface area contributed by atoms with Gasteiger partial charge in [-0.2, -0.15) is 0 Å². The van der Waals surface area contributed by atoms with Crippen LogP contribution in [0.15, 0.2) is 0 Å². The molecular formula is C17H31BrO. The summed E-state index contributed by atoms with van der Waals surface area (Å²) in [6.45, 7) is 7.11. The van der Waals surface area contributed by atoms with Crippen LogP contribution >= 0.6 is 15.9 Å². The Balaban J connectivity index is 1.91. The summed E-state index contributed by atoms with van der Waals surface area (Å²) >= 11 is 3.74. The zero-order valence-electron chi connectivity index (χ0n) is 13.0. The van der Waals surface area contributed by atoms with E-state index in [0.29, 0.717) is 6.10 Å². The van der Waals surface area contributed by atoms with Gasteiger partial charge in [-0.25, -0.2) is 0 Å². The van der Waals surface area contributed by atoms with E-state index in [4.69, 9.17) is 4.74 Å². The maximum absolute atomic E-state index is 6.66. The van der Waals surface area contributed by atoms with Crippen molar-refractivity contribution >= 4 is 15.9 Å². The van der Waals surface area contributed by atoms with Crippen molar-refractivity contribution in [1.29, 1.82) is 0 Å². The molecule has 2 aliphatic carbocycles. The highest BCUT2D eigenvalue weighted by atomic mass is 79.9. The summed E-state index contributed by atoms with van der Waals surface area (Å²) in [7, 11) is 0. The maximum atomic E-state index is 6.66. The Morgan fingerprint density at radius 3 is 2.11 bits per heavy atom. The van der Waals surface area contributed by atoms with Gasteiger partial charge in [-0.1, -0.05) is 43.1 Å². The third-order valence-electron chi connectivity index (χ3n) is 5.39. The van der Waals surface area contributed by atoms with Crippen molar-refractivity contribution in [2.24, 2.45) is 17.8 Å². The highest BCUT2D eigenvalue weighted by Crippen LogP contribution is 2.41. The average Bonchev–Trinajstić information content (AvgIpc) is 2.38. The lowest BCUT2D eigenvalue weighted by atomic mass is 9.77. The van der Waals surface area contributed by atoms with Crippen LogP contribution in [0, 0.1) is 17.8 Å². The van der Waals surface area contributed by atoms with Gasteiger partial charge in [-0.05, 0) is 62.7 Å². The summed E-state index contributed by atoms with van der Waals surface area (Å²) in [5.74, 6) is 2.63. The van der Waals surface area contributed by atoms with E-state index >= 15 is 0 Å². The van der Waals surface area contributed by atoms with E-state index in [0.717, 1.165) is 23.1 Å². The first-order chi connectivity index (χ1) is 9.07. The fraction of sp³-hybridized carbons (Fsp3) is 1.00. The second kappa shape index (κ2) is 6.93. The zero-order chi connectivity index (χ0) is 13.9. The molecule has 0 spiro atoms. The molecule has 0 aliphatic heterocycles. The fourth-order valence-electron chi connectivity index (χ4n) is 4.22. The van der Waals surface area contributed by atoms with Gasteiger partial charge in [-0.3, -0.25) is 0 Å². The van der Waals surface area contributed by atoms with Crippen LogP contribution in [0.1, 0.15) is 72.1 Å². The predicted molar refractivity (Wildman–Crippen MR) is 85.8 cm³/mol. The molecule has 0 saturated heterocycles. The number of hydrogen-bond acceptors (Lipinski definition) is 1. The summed E-state index contributed by atoms with van der Waals surface area (Å²) in [6, 6.07) is 0. The van der Waals surface area contributed by atoms with Crippen molar-refractivity contribution in [2.45, 2.75) is 83.8 Å². The molecule has 0 N–H and O–H groups in total. The molecule has 19 heavy (non-hydrogen) atoms. The average molecular weight is 331 g/mol. The van der Waals surface area contributed by atoms with Crippen LogP contribution in [-0.2, 0) is 4.74 Å². The number of ether oxygens (including phenoxy) is 1. The van der Waals surface area contributed by atoms with E-state index < -0.39 is 0 Å². The number of hydrogen-bond donors (Lipinski definition) is 0. The minimum absolute atomic E-state index is 0.146. The molecule has 2 rings (SSSR count). The van der Waals surface area contributed by atoms with E-state index in [2.05, 4.69) is 36.7 Å². The van der Waals surface area contributed by atoms with Gasteiger partial charge in [0.2, 0.25) is 0 Å². The molecule has 112 valence electrons. The van der Waals surface area contributed by atoms with Crippen LogP contribution in [0.2, 0.25) is 0 Å². The van der Waals surface area contributed by atoms with Crippen LogP contribution in [-0.4, -0.2) is 17.0 Å². The molecule has 2 heteroatoms. The molecule has 2 unspecified atom stereocenters. The van der Waals surface area contributed by atoms with E-state index in [1.165, 1.54) is 51.4 Å². The van der Waals surface area contributed by atoms with Gasteiger partial charge < -0.3 is 4.74 Å². The Labute approximate surface area is 128 Å².